The van der Waals surface area contributed by atoms with Crippen LogP contribution in [0.4, 0.5) is 5.69 Å². The summed E-state index contributed by atoms with van der Waals surface area (Å²) in [5.74, 6) is -0.137. The van der Waals surface area contributed by atoms with Gasteiger partial charge in [0.25, 0.3) is 5.91 Å². The second-order valence-corrected chi connectivity index (χ2v) is 4.47. The largest absolute Gasteiger partial charge is 0.472 e. The summed E-state index contributed by atoms with van der Waals surface area (Å²) in [5.41, 5.74) is 7.83. The molecule has 0 aromatic carbocycles. The number of hydrogen-bond acceptors (Lipinski definition) is 3. The Labute approximate surface area is 106 Å². The topological polar surface area (TPSA) is 73.2 Å². The van der Waals surface area contributed by atoms with Gasteiger partial charge in [-0.25, -0.2) is 0 Å². The van der Waals surface area contributed by atoms with Crippen LogP contribution in [0.1, 0.15) is 35.9 Å². The number of furan rings is 1. The number of nitrogens with one attached hydrogen (secondary N) is 1. The van der Waals surface area contributed by atoms with Gasteiger partial charge < -0.3 is 20.0 Å². The molecule has 5 nitrogen and oxygen atoms in total. The van der Waals surface area contributed by atoms with Crippen molar-refractivity contribution >= 4 is 11.6 Å². The van der Waals surface area contributed by atoms with Gasteiger partial charge in [0, 0.05) is 24.3 Å². The molecule has 0 atom stereocenters. The van der Waals surface area contributed by atoms with Crippen LogP contribution in [0.5, 0.6) is 0 Å². The maximum Gasteiger partial charge on any atom is 0.268 e. The van der Waals surface area contributed by atoms with Gasteiger partial charge in [-0.1, -0.05) is 0 Å². The highest BCUT2D eigenvalue weighted by Gasteiger charge is 2.14. The van der Waals surface area contributed by atoms with Gasteiger partial charge in [0.05, 0.1) is 18.2 Å². The minimum atomic E-state index is -0.137. The Morgan fingerprint density at radius 3 is 2.94 bits per heavy atom. The number of nitrogens with two attached hydrogens (primary N) is 1. The highest BCUT2D eigenvalue weighted by molar-refractivity contribution is 5.93. The fourth-order valence-corrected chi connectivity index (χ4v) is 1.78. The van der Waals surface area contributed by atoms with E-state index >= 15 is 0 Å². The lowest BCUT2D eigenvalue weighted by Gasteiger charge is -2.12. The second-order valence-electron chi connectivity index (χ2n) is 4.47. The van der Waals surface area contributed by atoms with E-state index in [9.17, 15) is 4.79 Å². The average Bonchev–Trinajstić information content (AvgIpc) is 2.94. The first-order valence-corrected chi connectivity index (χ1v) is 5.84. The quantitative estimate of drug-likeness (QED) is 0.869. The SMILES string of the molecule is CC(C)n1cc(N)cc1C(=O)NCc1ccoc1. The summed E-state index contributed by atoms with van der Waals surface area (Å²) in [4.78, 5) is 12.1. The predicted molar refractivity (Wildman–Crippen MR) is 69.1 cm³/mol. The van der Waals surface area contributed by atoms with Crippen molar-refractivity contribution in [2.24, 2.45) is 0 Å². The Kier molecular flexibility index (Phi) is 3.41. The van der Waals surface area contributed by atoms with E-state index in [4.69, 9.17) is 10.2 Å². The molecule has 2 heterocycles. The van der Waals surface area contributed by atoms with Crippen LogP contribution in [0.25, 0.3) is 0 Å². The molecule has 2 rings (SSSR count). The zero-order valence-electron chi connectivity index (χ0n) is 10.5. The average molecular weight is 247 g/mol. The molecule has 2 aromatic rings. The van der Waals surface area contributed by atoms with Crippen LogP contribution in [0.2, 0.25) is 0 Å². The monoisotopic (exact) mass is 247 g/mol. The summed E-state index contributed by atoms with van der Waals surface area (Å²) in [5, 5.41) is 2.83. The van der Waals surface area contributed by atoms with Gasteiger partial charge in [-0.15, -0.1) is 0 Å². The van der Waals surface area contributed by atoms with E-state index in [1.165, 1.54) is 0 Å². The van der Waals surface area contributed by atoms with Crippen LogP contribution in [0, 0.1) is 0 Å². The third kappa shape index (κ3) is 2.56. The first kappa shape index (κ1) is 12.3. The zero-order valence-corrected chi connectivity index (χ0v) is 10.5. The first-order valence-electron chi connectivity index (χ1n) is 5.84. The molecule has 1 amide bonds. The molecule has 5 heteroatoms. The van der Waals surface area contributed by atoms with Crippen LogP contribution >= 0.6 is 0 Å². The number of amides is 1. The van der Waals surface area contributed by atoms with Crippen LogP contribution in [0.15, 0.2) is 35.3 Å². The molecule has 0 radical (unpaired) electrons. The van der Waals surface area contributed by atoms with E-state index in [-0.39, 0.29) is 11.9 Å². The van der Waals surface area contributed by atoms with Crippen LogP contribution < -0.4 is 11.1 Å². The first-order chi connectivity index (χ1) is 8.58. The molecular formula is C13H17N3O2. The van der Waals surface area contributed by atoms with Crippen molar-refractivity contribution < 1.29 is 9.21 Å². The number of nitrogens with zero attached hydrogens (tertiary/aromatic N) is 1. The molecule has 0 saturated heterocycles. The summed E-state index contributed by atoms with van der Waals surface area (Å²) < 4.78 is 6.80. The molecule has 0 fully saturated rings. The van der Waals surface area contributed by atoms with Gasteiger partial charge in [-0.2, -0.15) is 0 Å². The summed E-state index contributed by atoms with van der Waals surface area (Å²) in [7, 11) is 0. The fourth-order valence-electron chi connectivity index (χ4n) is 1.78. The zero-order chi connectivity index (χ0) is 13.1. The maximum absolute atomic E-state index is 12.1. The minimum absolute atomic E-state index is 0.137. The molecule has 0 bridgehead atoms. The highest BCUT2D eigenvalue weighted by atomic mass is 16.3. The van der Waals surface area contributed by atoms with Crippen LogP contribution in [-0.4, -0.2) is 10.5 Å². The van der Waals surface area contributed by atoms with Gasteiger partial charge >= 0.3 is 0 Å². The molecule has 0 aliphatic heterocycles. The minimum Gasteiger partial charge on any atom is -0.472 e. The lowest BCUT2D eigenvalue weighted by molar-refractivity contribution is 0.0940. The summed E-state index contributed by atoms with van der Waals surface area (Å²) in [6, 6.07) is 3.69. The summed E-state index contributed by atoms with van der Waals surface area (Å²) >= 11 is 0. The fraction of sp³-hybridized carbons (Fsp3) is 0.308. The van der Waals surface area contributed by atoms with Crippen LogP contribution in [-0.2, 0) is 6.54 Å². The molecule has 0 aliphatic carbocycles. The number of anilines is 1. The normalized spacial score (nSPS) is 10.8. The molecule has 18 heavy (non-hydrogen) atoms. The van der Waals surface area contributed by atoms with E-state index in [0.717, 1.165) is 5.56 Å². The van der Waals surface area contributed by atoms with E-state index < -0.39 is 0 Å². The van der Waals surface area contributed by atoms with E-state index in [1.54, 1.807) is 24.8 Å². The number of carbonyl (C=O) groups excluding carboxylic acids is 1. The molecule has 2 aromatic heterocycles. The lowest BCUT2D eigenvalue weighted by atomic mass is 10.3. The maximum atomic E-state index is 12.1. The molecule has 0 saturated carbocycles. The Morgan fingerprint density at radius 2 is 2.33 bits per heavy atom. The van der Waals surface area contributed by atoms with Gasteiger partial charge in [0.15, 0.2) is 0 Å². The van der Waals surface area contributed by atoms with Crippen LogP contribution in [0.3, 0.4) is 0 Å². The van der Waals surface area contributed by atoms with Gasteiger partial charge in [0.1, 0.15) is 5.69 Å². The third-order valence-electron chi connectivity index (χ3n) is 2.69. The second kappa shape index (κ2) is 5.00. The Hall–Kier alpha value is -2.17. The third-order valence-corrected chi connectivity index (χ3v) is 2.69. The van der Waals surface area contributed by atoms with Gasteiger partial charge in [0.2, 0.25) is 0 Å². The highest BCUT2D eigenvalue weighted by Crippen LogP contribution is 2.16. The number of rotatable bonds is 4. The molecule has 0 unspecified atom stereocenters. The standard InChI is InChI=1S/C13H17N3O2/c1-9(2)16-7-11(14)5-12(16)13(17)15-6-10-3-4-18-8-10/h3-5,7-9H,6,14H2,1-2H3,(H,15,17). The predicted octanol–water partition coefficient (Wildman–Crippen LogP) is 2.17. The summed E-state index contributed by atoms with van der Waals surface area (Å²) in [6.45, 7) is 4.46. The van der Waals surface area contributed by atoms with Crippen molar-refractivity contribution in [1.29, 1.82) is 0 Å². The number of aromatic nitrogens is 1. The van der Waals surface area contributed by atoms with E-state index in [0.29, 0.717) is 17.9 Å². The van der Waals surface area contributed by atoms with E-state index in [1.807, 2.05) is 24.5 Å². The van der Waals surface area contributed by atoms with Crippen molar-refractivity contribution in [3.05, 3.63) is 42.1 Å². The van der Waals surface area contributed by atoms with E-state index in [2.05, 4.69) is 5.32 Å². The number of hydrogen-bond donors (Lipinski definition) is 2. The molecular weight excluding hydrogens is 230 g/mol. The van der Waals surface area contributed by atoms with Crippen molar-refractivity contribution in [3.8, 4) is 0 Å². The van der Waals surface area contributed by atoms with Gasteiger partial charge in [-0.05, 0) is 26.0 Å². The van der Waals surface area contributed by atoms with Gasteiger partial charge in [-0.3, -0.25) is 4.79 Å². The Balaban J connectivity index is 2.09. The summed E-state index contributed by atoms with van der Waals surface area (Å²) in [6.07, 6.45) is 4.96. The van der Waals surface area contributed by atoms with Crippen molar-refractivity contribution in [1.82, 2.24) is 9.88 Å². The molecule has 3 N–H and O–H groups in total. The number of nitrogen functional groups attached to an aromatic ring is 1. The van der Waals surface area contributed by atoms with Crippen molar-refractivity contribution in [2.75, 3.05) is 5.73 Å². The number of carbonyl (C=O) groups is 1. The smallest absolute Gasteiger partial charge is 0.268 e. The molecule has 0 spiro atoms. The van der Waals surface area contributed by atoms with Crippen molar-refractivity contribution in [2.45, 2.75) is 26.4 Å². The van der Waals surface area contributed by atoms with Crippen molar-refractivity contribution in [3.63, 3.8) is 0 Å². The lowest BCUT2D eigenvalue weighted by Crippen LogP contribution is -2.25. The molecule has 0 aliphatic rings. The Bertz CT molecular complexity index is 526. The Morgan fingerprint density at radius 1 is 1.56 bits per heavy atom. The molecule has 96 valence electrons.